The maximum Gasteiger partial charge on any atom is 0.174 e. The highest BCUT2D eigenvalue weighted by Gasteiger charge is 2.28. The Kier molecular flexibility index (Phi) is 3.26. The van der Waals surface area contributed by atoms with Crippen molar-refractivity contribution in [2.45, 2.75) is 26.2 Å². The van der Waals surface area contributed by atoms with Gasteiger partial charge in [0, 0.05) is 5.56 Å². The highest BCUT2D eigenvalue weighted by molar-refractivity contribution is 5.99. The van der Waals surface area contributed by atoms with E-state index in [1.165, 1.54) is 0 Å². The van der Waals surface area contributed by atoms with Crippen LogP contribution in [-0.4, -0.2) is 16.1 Å². The molecule has 1 rings (SSSR count). The zero-order valence-electron chi connectivity index (χ0n) is 9.75. The largest absolute Gasteiger partial charge is 0.504 e. The number of oxime groups is 1. The minimum atomic E-state index is -1.10. The van der Waals surface area contributed by atoms with Crippen molar-refractivity contribution in [1.29, 1.82) is 0 Å². The Hall–Kier alpha value is -1.85. The van der Waals surface area contributed by atoms with Gasteiger partial charge in [-0.05, 0) is 11.5 Å². The van der Waals surface area contributed by atoms with Gasteiger partial charge in [-0.25, -0.2) is 8.78 Å². The third-order valence-electron chi connectivity index (χ3n) is 2.33. The van der Waals surface area contributed by atoms with E-state index in [2.05, 4.69) is 5.16 Å². The maximum atomic E-state index is 13.8. The lowest BCUT2D eigenvalue weighted by Crippen LogP contribution is -2.20. The second kappa shape index (κ2) is 4.20. The fourth-order valence-corrected chi connectivity index (χ4v) is 1.55. The molecule has 4 N–H and O–H groups in total. The molecule has 0 saturated heterocycles. The SMILES string of the molecule is CC(C)(C)c1c(F)cc(/C(N)=N/O)c(O)c1F. The summed E-state index contributed by atoms with van der Waals surface area (Å²) in [5.41, 5.74) is 3.76. The first-order valence-electron chi connectivity index (χ1n) is 4.89. The summed E-state index contributed by atoms with van der Waals surface area (Å²) in [5.74, 6) is -3.33. The average Bonchev–Trinajstić information content (AvgIpc) is 2.20. The predicted molar refractivity (Wildman–Crippen MR) is 59.2 cm³/mol. The molecule has 0 aromatic heterocycles. The van der Waals surface area contributed by atoms with Crippen LogP contribution in [-0.2, 0) is 5.41 Å². The van der Waals surface area contributed by atoms with Crippen LogP contribution in [0.4, 0.5) is 8.78 Å². The van der Waals surface area contributed by atoms with Crippen LogP contribution in [0, 0.1) is 11.6 Å². The van der Waals surface area contributed by atoms with Gasteiger partial charge in [-0.2, -0.15) is 0 Å². The maximum absolute atomic E-state index is 13.8. The number of nitrogens with zero attached hydrogens (tertiary/aromatic N) is 1. The monoisotopic (exact) mass is 244 g/mol. The number of hydrogen-bond acceptors (Lipinski definition) is 3. The molecule has 0 spiro atoms. The minimum Gasteiger partial charge on any atom is -0.504 e. The molecule has 0 saturated carbocycles. The third-order valence-corrected chi connectivity index (χ3v) is 2.33. The molecule has 0 amide bonds. The normalized spacial score (nSPS) is 12.9. The number of hydrogen-bond donors (Lipinski definition) is 3. The molecule has 0 radical (unpaired) electrons. The molecule has 1 aromatic rings. The molecule has 4 nitrogen and oxygen atoms in total. The van der Waals surface area contributed by atoms with Crippen LogP contribution in [0.25, 0.3) is 0 Å². The molecule has 0 aliphatic rings. The van der Waals surface area contributed by atoms with Crippen molar-refractivity contribution >= 4 is 5.84 Å². The predicted octanol–water partition coefficient (Wildman–Crippen LogP) is 2.06. The zero-order chi connectivity index (χ0) is 13.4. The number of halogens is 2. The van der Waals surface area contributed by atoms with Gasteiger partial charge in [0.05, 0.1) is 5.56 Å². The Morgan fingerprint density at radius 2 is 1.88 bits per heavy atom. The Bertz CT molecular complexity index is 479. The Balaban J connectivity index is 3.59. The Morgan fingerprint density at radius 1 is 1.35 bits per heavy atom. The summed E-state index contributed by atoms with van der Waals surface area (Å²) in [6.45, 7) is 4.82. The number of phenols is 1. The van der Waals surface area contributed by atoms with Crippen LogP contribution in [0.2, 0.25) is 0 Å². The summed E-state index contributed by atoms with van der Waals surface area (Å²) in [4.78, 5) is 0. The van der Waals surface area contributed by atoms with Gasteiger partial charge in [0.2, 0.25) is 0 Å². The lowest BCUT2D eigenvalue weighted by atomic mass is 9.85. The van der Waals surface area contributed by atoms with Gasteiger partial charge in [-0.15, -0.1) is 0 Å². The summed E-state index contributed by atoms with van der Waals surface area (Å²) < 4.78 is 27.6. The molecule has 1 aromatic carbocycles. The Labute approximate surface area is 97.4 Å². The van der Waals surface area contributed by atoms with E-state index in [0.29, 0.717) is 0 Å². The summed E-state index contributed by atoms with van der Waals surface area (Å²) in [6, 6.07) is 0.841. The first-order valence-corrected chi connectivity index (χ1v) is 4.89. The van der Waals surface area contributed by atoms with Gasteiger partial charge in [0.15, 0.2) is 17.4 Å². The summed E-state index contributed by atoms with van der Waals surface area (Å²) in [6.07, 6.45) is 0. The summed E-state index contributed by atoms with van der Waals surface area (Å²) in [5, 5.41) is 20.6. The quantitative estimate of drug-likeness (QED) is 0.306. The number of rotatable bonds is 1. The minimum absolute atomic E-state index is 0.246. The fraction of sp³-hybridized carbons (Fsp3) is 0.364. The number of phenolic OH excluding ortho intramolecular Hbond substituents is 1. The van der Waals surface area contributed by atoms with Gasteiger partial charge < -0.3 is 16.0 Å². The number of nitrogens with two attached hydrogens (primary N) is 1. The van der Waals surface area contributed by atoms with Gasteiger partial charge in [-0.1, -0.05) is 25.9 Å². The zero-order valence-corrected chi connectivity index (χ0v) is 9.75. The lowest BCUT2D eigenvalue weighted by molar-refractivity contribution is 0.318. The van der Waals surface area contributed by atoms with E-state index >= 15 is 0 Å². The molecular weight excluding hydrogens is 230 g/mol. The highest BCUT2D eigenvalue weighted by atomic mass is 19.1. The molecule has 6 heteroatoms. The second-order valence-corrected chi connectivity index (χ2v) is 4.68. The van der Waals surface area contributed by atoms with Crippen molar-refractivity contribution < 1.29 is 19.1 Å². The first kappa shape index (κ1) is 13.2. The topological polar surface area (TPSA) is 78.8 Å². The average molecular weight is 244 g/mol. The van der Waals surface area contributed by atoms with Crippen LogP contribution in [0.15, 0.2) is 11.2 Å². The molecule has 0 aliphatic carbocycles. The molecule has 94 valence electrons. The van der Waals surface area contributed by atoms with Crippen molar-refractivity contribution in [3.8, 4) is 5.75 Å². The second-order valence-electron chi connectivity index (χ2n) is 4.68. The van der Waals surface area contributed by atoms with Gasteiger partial charge in [-0.3, -0.25) is 0 Å². The molecule has 0 fully saturated rings. The highest BCUT2D eigenvalue weighted by Crippen LogP contribution is 2.34. The van der Waals surface area contributed by atoms with E-state index in [1.807, 2.05) is 0 Å². The van der Waals surface area contributed by atoms with Crippen LogP contribution in [0.3, 0.4) is 0 Å². The van der Waals surface area contributed by atoms with E-state index in [4.69, 9.17) is 10.9 Å². The van der Waals surface area contributed by atoms with E-state index in [0.717, 1.165) is 6.07 Å². The molecular formula is C11H14F2N2O2. The van der Waals surface area contributed by atoms with Crippen LogP contribution in [0.1, 0.15) is 31.9 Å². The van der Waals surface area contributed by atoms with E-state index in [1.54, 1.807) is 20.8 Å². The summed E-state index contributed by atoms with van der Waals surface area (Å²) in [7, 11) is 0. The number of amidine groups is 1. The van der Waals surface area contributed by atoms with Crippen molar-refractivity contribution in [3.63, 3.8) is 0 Å². The van der Waals surface area contributed by atoms with E-state index in [9.17, 15) is 13.9 Å². The van der Waals surface area contributed by atoms with Gasteiger partial charge in [0.1, 0.15) is 5.82 Å². The fourth-order valence-electron chi connectivity index (χ4n) is 1.55. The van der Waals surface area contributed by atoms with Gasteiger partial charge >= 0.3 is 0 Å². The van der Waals surface area contributed by atoms with Crippen LogP contribution >= 0.6 is 0 Å². The number of benzene rings is 1. The third kappa shape index (κ3) is 2.30. The molecule has 0 unspecified atom stereocenters. The van der Waals surface area contributed by atoms with Crippen molar-refractivity contribution in [3.05, 3.63) is 28.8 Å². The first-order chi connectivity index (χ1) is 7.70. The van der Waals surface area contributed by atoms with Gasteiger partial charge in [0.25, 0.3) is 0 Å². The standard InChI is InChI=1S/C11H14F2N2O2/c1-11(2,3)7-6(12)4-5(10(14)15-17)9(16)8(7)13/h4,16-17H,1-3H3,(H2,14,15). The number of aromatic hydroxyl groups is 1. The Morgan fingerprint density at radius 3 is 2.29 bits per heavy atom. The molecule has 0 heterocycles. The van der Waals surface area contributed by atoms with Crippen molar-refractivity contribution in [2.75, 3.05) is 0 Å². The van der Waals surface area contributed by atoms with Crippen molar-refractivity contribution in [2.24, 2.45) is 10.9 Å². The van der Waals surface area contributed by atoms with Crippen molar-refractivity contribution in [1.82, 2.24) is 0 Å². The molecule has 0 bridgehead atoms. The molecule has 0 aliphatic heterocycles. The van der Waals surface area contributed by atoms with E-state index in [-0.39, 0.29) is 11.1 Å². The molecule has 0 atom stereocenters. The van der Waals surface area contributed by atoms with Crippen LogP contribution in [0.5, 0.6) is 5.75 Å². The smallest absolute Gasteiger partial charge is 0.174 e. The van der Waals surface area contributed by atoms with Crippen LogP contribution < -0.4 is 5.73 Å². The summed E-state index contributed by atoms with van der Waals surface area (Å²) >= 11 is 0. The lowest BCUT2D eigenvalue weighted by Gasteiger charge is -2.21. The molecule has 17 heavy (non-hydrogen) atoms. The van der Waals surface area contributed by atoms with E-state index < -0.39 is 28.6 Å².